The van der Waals surface area contributed by atoms with Crippen molar-refractivity contribution < 1.29 is 13.2 Å². The molecule has 0 aliphatic heterocycles. The lowest BCUT2D eigenvalue weighted by Crippen LogP contribution is -2.40. The average molecular weight is 427 g/mol. The Hall–Kier alpha value is -3.13. The molecule has 0 atom stereocenters. The number of aryl methyl sites for hydroxylation is 2. The Labute approximate surface area is 177 Å². The van der Waals surface area contributed by atoms with Crippen LogP contribution in [0.3, 0.4) is 0 Å². The van der Waals surface area contributed by atoms with E-state index < -0.39 is 10.0 Å². The van der Waals surface area contributed by atoms with E-state index in [0.717, 1.165) is 38.8 Å². The number of carbonyl (C=O) groups excluding carboxylic acids is 1. The van der Waals surface area contributed by atoms with Gasteiger partial charge in [0.15, 0.2) is 0 Å². The molecule has 3 rings (SSSR count). The van der Waals surface area contributed by atoms with Crippen molar-refractivity contribution in [3.8, 4) is 5.69 Å². The molecule has 0 aliphatic rings. The van der Waals surface area contributed by atoms with Crippen molar-refractivity contribution in [1.82, 2.24) is 14.9 Å². The van der Waals surface area contributed by atoms with Crippen LogP contribution in [-0.4, -0.2) is 36.7 Å². The lowest BCUT2D eigenvalue weighted by atomic mass is 10.1. The highest BCUT2D eigenvalue weighted by molar-refractivity contribution is 7.92. The van der Waals surface area contributed by atoms with Crippen molar-refractivity contribution >= 4 is 21.6 Å². The predicted octanol–water partition coefficient (Wildman–Crippen LogP) is 2.88. The normalized spacial score (nSPS) is 11.3. The third-order valence-electron chi connectivity index (χ3n) is 5.09. The van der Waals surface area contributed by atoms with Crippen molar-refractivity contribution in [1.29, 1.82) is 0 Å². The van der Waals surface area contributed by atoms with Crippen LogP contribution in [0.4, 0.5) is 5.69 Å². The molecule has 30 heavy (non-hydrogen) atoms. The number of benzene rings is 2. The van der Waals surface area contributed by atoms with Crippen LogP contribution in [0.15, 0.2) is 54.9 Å². The van der Waals surface area contributed by atoms with Gasteiger partial charge in [0.25, 0.3) is 0 Å². The fourth-order valence-corrected chi connectivity index (χ4v) is 4.20. The minimum atomic E-state index is -3.62. The second-order valence-corrected chi connectivity index (χ2v) is 9.15. The summed E-state index contributed by atoms with van der Waals surface area (Å²) >= 11 is 0. The first-order chi connectivity index (χ1) is 14.2. The Morgan fingerprint density at radius 3 is 2.50 bits per heavy atom. The average Bonchev–Trinajstić information content (AvgIpc) is 3.12. The van der Waals surface area contributed by atoms with Crippen LogP contribution in [0.5, 0.6) is 0 Å². The zero-order chi connectivity index (χ0) is 21.9. The number of aromatic nitrogens is 2. The van der Waals surface area contributed by atoms with Gasteiger partial charge >= 0.3 is 0 Å². The summed E-state index contributed by atoms with van der Waals surface area (Å²) in [6.07, 6.45) is 4.69. The minimum Gasteiger partial charge on any atom is -0.350 e. The molecule has 0 unspecified atom stereocenters. The van der Waals surface area contributed by atoms with Crippen LogP contribution >= 0.6 is 0 Å². The van der Waals surface area contributed by atoms with Gasteiger partial charge in [-0.15, -0.1) is 0 Å². The van der Waals surface area contributed by atoms with E-state index in [1.807, 2.05) is 61.9 Å². The summed E-state index contributed by atoms with van der Waals surface area (Å²) in [7, 11) is -3.62. The summed E-state index contributed by atoms with van der Waals surface area (Å²) in [6.45, 7) is 5.66. The van der Waals surface area contributed by atoms with E-state index in [1.54, 1.807) is 18.3 Å². The first-order valence-electron chi connectivity index (χ1n) is 9.57. The number of carbonyl (C=O) groups is 1. The maximum Gasteiger partial charge on any atom is 0.241 e. The van der Waals surface area contributed by atoms with Gasteiger partial charge in [-0.3, -0.25) is 9.10 Å². The van der Waals surface area contributed by atoms with Gasteiger partial charge in [-0.2, -0.15) is 0 Å². The molecular formula is C22H26N4O3S. The van der Waals surface area contributed by atoms with E-state index >= 15 is 0 Å². The Kier molecular flexibility index (Phi) is 6.26. The number of hydrogen-bond donors (Lipinski definition) is 1. The number of nitrogens with one attached hydrogen (secondary N) is 1. The summed E-state index contributed by atoms with van der Waals surface area (Å²) in [6, 6.07) is 13.1. The first kappa shape index (κ1) is 21.6. The van der Waals surface area contributed by atoms with Crippen molar-refractivity contribution in [3.05, 3.63) is 77.4 Å². The highest BCUT2D eigenvalue weighted by Crippen LogP contribution is 2.24. The fraction of sp³-hybridized carbons (Fsp3) is 0.273. The Morgan fingerprint density at radius 2 is 1.83 bits per heavy atom. The molecule has 158 valence electrons. The maximum atomic E-state index is 12.7. The lowest BCUT2D eigenvalue weighted by molar-refractivity contribution is -0.119. The van der Waals surface area contributed by atoms with Crippen molar-refractivity contribution in [2.24, 2.45) is 0 Å². The third kappa shape index (κ3) is 4.71. The van der Waals surface area contributed by atoms with Crippen molar-refractivity contribution in [2.45, 2.75) is 27.3 Å². The number of hydrogen-bond acceptors (Lipinski definition) is 4. The summed E-state index contributed by atoms with van der Waals surface area (Å²) in [5.41, 5.74) is 4.14. The van der Waals surface area contributed by atoms with E-state index in [4.69, 9.17) is 0 Å². The molecular weight excluding hydrogens is 400 g/mol. The van der Waals surface area contributed by atoms with E-state index in [9.17, 15) is 13.2 Å². The molecule has 0 radical (unpaired) electrons. The summed E-state index contributed by atoms with van der Waals surface area (Å²) in [5, 5.41) is 2.85. The quantitative estimate of drug-likeness (QED) is 0.630. The highest BCUT2D eigenvalue weighted by Gasteiger charge is 2.22. The second-order valence-electron chi connectivity index (χ2n) is 7.24. The molecule has 7 nitrogen and oxygen atoms in total. The number of para-hydroxylation sites is 1. The molecule has 3 aromatic rings. The molecule has 1 N–H and O–H groups in total. The van der Waals surface area contributed by atoms with Gasteiger partial charge in [0.2, 0.25) is 15.9 Å². The first-order valence-corrected chi connectivity index (χ1v) is 11.4. The Balaban J connectivity index is 1.78. The standard InChI is InChI=1S/C22H26N4O3S/c1-16-8-7-11-20(17(16)2)26(30(4,28)29)15-22(27)24-14-19-9-5-6-10-21(19)25-13-12-23-18(25)3/h5-13H,14-15H2,1-4H3,(H,24,27). The smallest absolute Gasteiger partial charge is 0.241 e. The predicted molar refractivity (Wildman–Crippen MR) is 118 cm³/mol. The number of imidazole rings is 1. The number of sulfonamides is 1. The maximum absolute atomic E-state index is 12.7. The summed E-state index contributed by atoms with van der Waals surface area (Å²) in [4.78, 5) is 16.9. The highest BCUT2D eigenvalue weighted by atomic mass is 32.2. The van der Waals surface area contributed by atoms with Gasteiger partial charge in [0.05, 0.1) is 17.6 Å². The number of anilines is 1. The zero-order valence-corrected chi connectivity index (χ0v) is 18.4. The molecule has 0 aliphatic carbocycles. The molecule has 1 heterocycles. The van der Waals surface area contributed by atoms with Gasteiger partial charge < -0.3 is 9.88 Å². The number of amides is 1. The topological polar surface area (TPSA) is 84.3 Å². The SMILES string of the molecule is Cc1cccc(N(CC(=O)NCc2ccccc2-n2ccnc2C)S(C)(=O)=O)c1C. The molecule has 1 aromatic heterocycles. The fourth-order valence-electron chi connectivity index (χ4n) is 3.29. The van der Waals surface area contributed by atoms with E-state index in [2.05, 4.69) is 10.3 Å². The largest absolute Gasteiger partial charge is 0.350 e. The monoisotopic (exact) mass is 426 g/mol. The number of nitrogens with zero attached hydrogens (tertiary/aromatic N) is 3. The van der Waals surface area contributed by atoms with Gasteiger partial charge in [-0.05, 0) is 49.6 Å². The molecule has 2 aromatic carbocycles. The zero-order valence-electron chi connectivity index (χ0n) is 17.6. The van der Waals surface area contributed by atoms with E-state index in [-0.39, 0.29) is 19.0 Å². The van der Waals surface area contributed by atoms with Crippen LogP contribution in [0.2, 0.25) is 0 Å². The van der Waals surface area contributed by atoms with Crippen LogP contribution in [-0.2, 0) is 21.4 Å². The molecule has 1 amide bonds. The van der Waals surface area contributed by atoms with Gasteiger partial charge in [-0.25, -0.2) is 13.4 Å². The van der Waals surface area contributed by atoms with Crippen LogP contribution in [0.25, 0.3) is 5.69 Å². The van der Waals surface area contributed by atoms with Crippen molar-refractivity contribution in [2.75, 3.05) is 17.1 Å². The molecule has 0 fully saturated rings. The third-order valence-corrected chi connectivity index (χ3v) is 6.21. The lowest BCUT2D eigenvalue weighted by Gasteiger charge is -2.24. The molecule has 0 bridgehead atoms. The second kappa shape index (κ2) is 8.71. The van der Waals surface area contributed by atoms with Crippen molar-refractivity contribution in [3.63, 3.8) is 0 Å². The van der Waals surface area contributed by atoms with E-state index in [0.29, 0.717) is 5.69 Å². The summed E-state index contributed by atoms with van der Waals surface area (Å²) in [5.74, 6) is 0.463. The molecule has 0 saturated heterocycles. The minimum absolute atomic E-state index is 0.275. The number of rotatable bonds is 7. The van der Waals surface area contributed by atoms with Crippen LogP contribution in [0, 0.1) is 20.8 Å². The Morgan fingerprint density at radius 1 is 1.10 bits per heavy atom. The molecule has 0 saturated carbocycles. The summed E-state index contributed by atoms with van der Waals surface area (Å²) < 4.78 is 27.9. The molecule has 0 spiro atoms. The Bertz CT molecular complexity index is 1170. The van der Waals surface area contributed by atoms with Gasteiger partial charge in [0, 0.05) is 18.9 Å². The van der Waals surface area contributed by atoms with Gasteiger partial charge in [0.1, 0.15) is 12.4 Å². The van der Waals surface area contributed by atoms with Gasteiger partial charge in [-0.1, -0.05) is 30.3 Å². The molecule has 8 heteroatoms. The van der Waals surface area contributed by atoms with E-state index in [1.165, 1.54) is 0 Å². The van der Waals surface area contributed by atoms with Crippen LogP contribution < -0.4 is 9.62 Å². The van der Waals surface area contributed by atoms with Crippen LogP contribution in [0.1, 0.15) is 22.5 Å².